The van der Waals surface area contributed by atoms with Gasteiger partial charge >= 0.3 is 5.97 Å². The predicted octanol–water partition coefficient (Wildman–Crippen LogP) is 3.07. The molecule has 0 atom stereocenters. The van der Waals surface area contributed by atoms with Crippen molar-refractivity contribution in [3.8, 4) is 0 Å². The topological polar surface area (TPSA) is 52.7 Å². The summed E-state index contributed by atoms with van der Waals surface area (Å²) >= 11 is 4.75. The molecular formula is C15H13BrN2O3S. The third kappa shape index (κ3) is 2.62. The average molecular weight is 381 g/mol. The second-order valence-corrected chi connectivity index (χ2v) is 7.04. The fraction of sp³-hybridized carbons (Fsp3) is 0.200. The lowest BCUT2D eigenvalue weighted by molar-refractivity contribution is 0.0606. The number of nitrogens with zero attached hydrogens (tertiary/aromatic N) is 2. The number of carbonyl (C=O) groups is 1. The molecule has 0 unspecified atom stereocenters. The van der Waals surface area contributed by atoms with Gasteiger partial charge in [0, 0.05) is 27.9 Å². The maximum Gasteiger partial charge on any atom is 0.348 e. The number of aromatic nitrogens is 2. The molecule has 0 saturated heterocycles. The first-order chi connectivity index (χ1) is 10.5. The average Bonchev–Trinajstić information content (AvgIpc) is 3.05. The largest absolute Gasteiger partial charge is 0.465 e. The van der Waals surface area contributed by atoms with Crippen LogP contribution in [-0.2, 0) is 11.3 Å². The summed E-state index contributed by atoms with van der Waals surface area (Å²) in [6.07, 6.45) is 5.42. The second-order valence-electron chi connectivity index (χ2n) is 4.87. The van der Waals surface area contributed by atoms with Gasteiger partial charge in [0.2, 0.25) is 0 Å². The monoisotopic (exact) mass is 380 g/mol. The summed E-state index contributed by atoms with van der Waals surface area (Å²) in [4.78, 5) is 25.6. The zero-order valence-corrected chi connectivity index (χ0v) is 14.4. The Bertz CT molecular complexity index is 923. The van der Waals surface area contributed by atoms with Crippen molar-refractivity contribution in [1.82, 2.24) is 8.97 Å². The maximum absolute atomic E-state index is 12.5. The molecule has 0 amide bonds. The lowest BCUT2D eigenvalue weighted by Gasteiger charge is -2.06. The van der Waals surface area contributed by atoms with Gasteiger partial charge in [0.1, 0.15) is 10.4 Å². The van der Waals surface area contributed by atoms with Crippen LogP contribution in [0.4, 0.5) is 0 Å². The minimum absolute atomic E-state index is 0.0709. The van der Waals surface area contributed by atoms with E-state index in [9.17, 15) is 9.59 Å². The molecule has 3 rings (SSSR count). The molecule has 0 radical (unpaired) electrons. The van der Waals surface area contributed by atoms with Crippen LogP contribution in [0.25, 0.3) is 5.52 Å². The number of ether oxygens (including phenoxy) is 1. The Labute approximate surface area is 138 Å². The van der Waals surface area contributed by atoms with Crippen molar-refractivity contribution in [3.05, 3.63) is 60.9 Å². The smallest absolute Gasteiger partial charge is 0.348 e. The van der Waals surface area contributed by atoms with E-state index in [1.807, 2.05) is 19.3 Å². The SMILES string of the molecule is COC(=O)c1cc(Cn2ccn3cc(Br)cc3c2=O)c(C)s1. The molecule has 3 heterocycles. The number of rotatable bonds is 3. The van der Waals surface area contributed by atoms with Gasteiger partial charge in [-0.3, -0.25) is 4.79 Å². The van der Waals surface area contributed by atoms with Gasteiger partial charge in [-0.15, -0.1) is 11.3 Å². The van der Waals surface area contributed by atoms with E-state index in [1.165, 1.54) is 18.4 Å². The van der Waals surface area contributed by atoms with E-state index in [0.717, 1.165) is 14.9 Å². The van der Waals surface area contributed by atoms with Gasteiger partial charge in [0.15, 0.2) is 0 Å². The Hall–Kier alpha value is -1.86. The van der Waals surface area contributed by atoms with Crippen LogP contribution in [0.1, 0.15) is 20.1 Å². The normalized spacial score (nSPS) is 11.0. The van der Waals surface area contributed by atoms with Gasteiger partial charge in [0.25, 0.3) is 5.56 Å². The number of methoxy groups -OCH3 is 1. The third-order valence-corrected chi connectivity index (χ3v) is 4.96. The zero-order valence-electron chi connectivity index (χ0n) is 12.0. The van der Waals surface area contributed by atoms with Gasteiger partial charge in [-0.2, -0.15) is 0 Å². The molecule has 7 heteroatoms. The number of fused-ring (bicyclic) bond motifs is 1. The first kappa shape index (κ1) is 15.1. The summed E-state index contributed by atoms with van der Waals surface area (Å²) in [7, 11) is 1.36. The van der Waals surface area contributed by atoms with Gasteiger partial charge in [-0.05, 0) is 40.5 Å². The van der Waals surface area contributed by atoms with E-state index in [-0.39, 0.29) is 11.5 Å². The predicted molar refractivity (Wildman–Crippen MR) is 88.9 cm³/mol. The third-order valence-electron chi connectivity index (χ3n) is 3.45. The Morgan fingerprint density at radius 3 is 2.86 bits per heavy atom. The number of hydrogen-bond acceptors (Lipinski definition) is 4. The summed E-state index contributed by atoms with van der Waals surface area (Å²) < 4.78 is 9.01. The van der Waals surface area contributed by atoms with E-state index in [2.05, 4.69) is 15.9 Å². The molecule has 0 saturated carbocycles. The van der Waals surface area contributed by atoms with Crippen molar-refractivity contribution in [2.45, 2.75) is 13.5 Å². The van der Waals surface area contributed by atoms with E-state index in [0.29, 0.717) is 16.9 Å². The standard InChI is InChI=1S/C15H13BrN2O3S/c1-9-10(5-13(22-9)15(20)21-2)7-18-4-3-17-8-11(16)6-12(17)14(18)19/h3-6,8H,7H2,1-2H3. The number of esters is 1. The number of aryl methyl sites for hydroxylation is 1. The van der Waals surface area contributed by atoms with Gasteiger partial charge in [0.05, 0.1) is 13.7 Å². The molecule has 0 aliphatic heterocycles. The van der Waals surface area contributed by atoms with Crippen LogP contribution in [0.5, 0.6) is 0 Å². The second kappa shape index (κ2) is 5.73. The Morgan fingerprint density at radius 2 is 2.14 bits per heavy atom. The molecule has 0 aliphatic rings. The molecule has 5 nitrogen and oxygen atoms in total. The number of hydrogen-bond donors (Lipinski definition) is 0. The molecule has 0 aliphatic carbocycles. The molecular weight excluding hydrogens is 368 g/mol. The van der Waals surface area contributed by atoms with E-state index >= 15 is 0 Å². The van der Waals surface area contributed by atoms with Crippen LogP contribution < -0.4 is 5.56 Å². The number of halogens is 1. The number of thiophene rings is 1. The van der Waals surface area contributed by atoms with Gasteiger partial charge < -0.3 is 13.7 Å². The Morgan fingerprint density at radius 1 is 1.36 bits per heavy atom. The van der Waals surface area contributed by atoms with Crippen LogP contribution in [-0.4, -0.2) is 22.0 Å². The van der Waals surface area contributed by atoms with Crippen molar-refractivity contribution < 1.29 is 9.53 Å². The molecule has 3 aromatic rings. The van der Waals surface area contributed by atoms with Crippen LogP contribution in [0.2, 0.25) is 0 Å². The summed E-state index contributed by atoms with van der Waals surface area (Å²) in [5, 5.41) is 0. The van der Waals surface area contributed by atoms with Crippen LogP contribution in [0.3, 0.4) is 0 Å². The first-order valence-electron chi connectivity index (χ1n) is 6.54. The van der Waals surface area contributed by atoms with Crippen LogP contribution in [0.15, 0.2) is 40.0 Å². The fourth-order valence-electron chi connectivity index (χ4n) is 2.29. The van der Waals surface area contributed by atoms with Crippen LogP contribution in [0, 0.1) is 6.92 Å². The van der Waals surface area contributed by atoms with Crippen molar-refractivity contribution in [1.29, 1.82) is 0 Å². The first-order valence-corrected chi connectivity index (χ1v) is 8.15. The highest BCUT2D eigenvalue weighted by molar-refractivity contribution is 9.10. The van der Waals surface area contributed by atoms with Crippen molar-refractivity contribution in [3.63, 3.8) is 0 Å². The Balaban J connectivity index is 2.00. The highest BCUT2D eigenvalue weighted by Gasteiger charge is 2.14. The van der Waals surface area contributed by atoms with Crippen molar-refractivity contribution in [2.24, 2.45) is 0 Å². The quantitative estimate of drug-likeness (QED) is 0.656. The van der Waals surface area contributed by atoms with Crippen LogP contribution >= 0.6 is 27.3 Å². The minimum atomic E-state index is -0.349. The molecule has 0 spiro atoms. The highest BCUT2D eigenvalue weighted by atomic mass is 79.9. The van der Waals surface area contributed by atoms with E-state index in [1.54, 1.807) is 27.3 Å². The lowest BCUT2D eigenvalue weighted by atomic mass is 10.2. The van der Waals surface area contributed by atoms with Crippen molar-refractivity contribution in [2.75, 3.05) is 7.11 Å². The van der Waals surface area contributed by atoms with Crippen molar-refractivity contribution >= 4 is 38.8 Å². The molecule has 114 valence electrons. The summed E-state index contributed by atoms with van der Waals surface area (Å²) in [6, 6.07) is 3.58. The molecule has 0 aromatic carbocycles. The van der Waals surface area contributed by atoms with E-state index < -0.39 is 0 Å². The minimum Gasteiger partial charge on any atom is -0.465 e. The Kier molecular flexibility index (Phi) is 3.92. The summed E-state index contributed by atoms with van der Waals surface area (Å²) in [5.41, 5.74) is 1.48. The summed E-state index contributed by atoms with van der Waals surface area (Å²) in [6.45, 7) is 2.36. The zero-order chi connectivity index (χ0) is 15.9. The van der Waals surface area contributed by atoms with Gasteiger partial charge in [-0.25, -0.2) is 4.79 Å². The molecule has 3 aromatic heterocycles. The highest BCUT2D eigenvalue weighted by Crippen LogP contribution is 2.23. The lowest BCUT2D eigenvalue weighted by Crippen LogP contribution is -2.21. The summed E-state index contributed by atoms with van der Waals surface area (Å²) in [5.74, 6) is -0.349. The maximum atomic E-state index is 12.5. The fourth-order valence-corrected chi connectivity index (χ4v) is 3.68. The molecule has 0 N–H and O–H groups in total. The number of carbonyl (C=O) groups excluding carboxylic acids is 1. The van der Waals surface area contributed by atoms with Gasteiger partial charge in [-0.1, -0.05) is 0 Å². The molecule has 22 heavy (non-hydrogen) atoms. The van der Waals surface area contributed by atoms with E-state index in [4.69, 9.17) is 4.74 Å². The molecule has 0 fully saturated rings. The molecule has 0 bridgehead atoms.